The average molecular weight is 159 g/mol. The van der Waals surface area contributed by atoms with Crippen LogP contribution in [-0.2, 0) is 4.43 Å². The molecule has 0 aromatic rings. The fraction of sp³-hybridized carbons (Fsp3) is 1.00. The Morgan fingerprint density at radius 1 is 1.44 bits per heavy atom. The van der Waals surface area contributed by atoms with Gasteiger partial charge in [0.1, 0.15) is 0 Å². The summed E-state index contributed by atoms with van der Waals surface area (Å²) in [5.74, 6) is 0. The summed E-state index contributed by atoms with van der Waals surface area (Å²) in [6.45, 7) is -0.0290. The number of rotatable bonds is 4. The molecule has 2 nitrogen and oxygen atoms in total. The smallest absolute Gasteiger partial charge is 0.341 e. The molecule has 0 aromatic heterocycles. The molecule has 1 N–H and O–H groups in total. The van der Waals surface area contributed by atoms with Gasteiger partial charge in [-0.1, -0.05) is 0 Å². The van der Waals surface area contributed by atoms with Crippen LogP contribution in [0.5, 0.6) is 0 Å². The summed E-state index contributed by atoms with van der Waals surface area (Å²) in [6.07, 6.45) is 0. The standard InChI is InChI=1S/C3H8F3NOSi/c1-7-2-3-8-9(4,5)6/h7H,2-3H2,1H3. The van der Waals surface area contributed by atoms with Crippen molar-refractivity contribution >= 4 is 9.32 Å². The molecule has 0 aromatic carbocycles. The Kier molecular flexibility index (Phi) is 3.83. The van der Waals surface area contributed by atoms with E-state index < -0.39 is 9.32 Å². The van der Waals surface area contributed by atoms with Crippen molar-refractivity contribution in [2.45, 2.75) is 0 Å². The number of hydrogen-bond donors (Lipinski definition) is 1. The van der Waals surface area contributed by atoms with Crippen molar-refractivity contribution in [3.8, 4) is 0 Å². The molecule has 9 heavy (non-hydrogen) atoms. The van der Waals surface area contributed by atoms with Crippen molar-refractivity contribution in [2.24, 2.45) is 0 Å². The van der Waals surface area contributed by atoms with Crippen LogP contribution in [0.3, 0.4) is 0 Å². The van der Waals surface area contributed by atoms with Crippen molar-refractivity contribution in [1.82, 2.24) is 5.32 Å². The van der Waals surface area contributed by atoms with Gasteiger partial charge in [-0.25, -0.2) is 12.3 Å². The highest BCUT2D eigenvalue weighted by Gasteiger charge is 2.41. The van der Waals surface area contributed by atoms with Gasteiger partial charge in [0.25, 0.3) is 0 Å². The lowest BCUT2D eigenvalue weighted by molar-refractivity contribution is 0.178. The van der Waals surface area contributed by atoms with E-state index in [4.69, 9.17) is 0 Å². The highest BCUT2D eigenvalue weighted by molar-refractivity contribution is 6.51. The second-order valence-electron chi connectivity index (χ2n) is 1.40. The van der Waals surface area contributed by atoms with E-state index in [0.29, 0.717) is 0 Å². The quantitative estimate of drug-likeness (QED) is 0.368. The largest absolute Gasteiger partial charge is 0.802 e. The average Bonchev–Trinajstić information content (AvgIpc) is 1.63. The molecule has 0 unspecified atom stereocenters. The van der Waals surface area contributed by atoms with Gasteiger partial charge in [-0.15, -0.1) is 0 Å². The number of halogens is 3. The van der Waals surface area contributed by atoms with Crippen molar-refractivity contribution in [3.63, 3.8) is 0 Å². The normalized spacial score (nSPS) is 12.0. The Hall–Kier alpha value is -0.0731. The first-order valence-electron chi connectivity index (χ1n) is 2.41. The van der Waals surface area contributed by atoms with E-state index in [-0.39, 0.29) is 13.2 Å². The lowest BCUT2D eigenvalue weighted by Crippen LogP contribution is -2.26. The molecule has 56 valence electrons. The van der Waals surface area contributed by atoms with Crippen molar-refractivity contribution in [3.05, 3.63) is 0 Å². The summed E-state index contributed by atoms with van der Waals surface area (Å²) in [5.41, 5.74) is 0. The van der Waals surface area contributed by atoms with Crippen LogP contribution in [0.1, 0.15) is 0 Å². The Morgan fingerprint density at radius 2 is 2.00 bits per heavy atom. The SMILES string of the molecule is CNCCO[Si](F)(F)F. The van der Waals surface area contributed by atoms with Gasteiger partial charge >= 0.3 is 9.32 Å². The highest BCUT2D eigenvalue weighted by Crippen LogP contribution is 2.08. The predicted molar refractivity (Wildman–Crippen MR) is 29.0 cm³/mol. The monoisotopic (exact) mass is 159 g/mol. The fourth-order valence-electron chi connectivity index (χ4n) is 0.269. The molecule has 0 heterocycles. The number of nitrogens with one attached hydrogen (secondary N) is 1. The first-order valence-corrected chi connectivity index (χ1v) is 3.96. The van der Waals surface area contributed by atoms with Crippen molar-refractivity contribution < 1.29 is 16.7 Å². The van der Waals surface area contributed by atoms with Gasteiger partial charge in [-0.2, -0.15) is 0 Å². The summed E-state index contributed by atoms with van der Waals surface area (Å²) in [5, 5.41) is 2.54. The molecule has 0 saturated heterocycles. The van der Waals surface area contributed by atoms with E-state index in [1.54, 1.807) is 7.05 Å². The molecule has 0 saturated carbocycles. The van der Waals surface area contributed by atoms with Crippen LogP contribution in [-0.4, -0.2) is 29.5 Å². The molecule has 0 aliphatic carbocycles. The third-order valence-corrected chi connectivity index (χ3v) is 1.15. The third kappa shape index (κ3) is 7.93. The maximum Gasteiger partial charge on any atom is 0.802 e. The van der Waals surface area contributed by atoms with E-state index in [0.717, 1.165) is 0 Å². The molecule has 0 radical (unpaired) electrons. The Labute approximate surface area is 52.7 Å². The molecule has 0 aliphatic heterocycles. The fourth-order valence-corrected chi connectivity index (χ4v) is 0.602. The van der Waals surface area contributed by atoms with Gasteiger partial charge in [-0.05, 0) is 7.05 Å². The number of hydrogen-bond acceptors (Lipinski definition) is 2. The molecule has 6 heteroatoms. The second kappa shape index (κ2) is 3.86. The van der Waals surface area contributed by atoms with Gasteiger partial charge in [0.05, 0.1) is 6.61 Å². The zero-order valence-corrected chi connectivity index (χ0v) is 5.96. The van der Waals surface area contributed by atoms with Crippen LogP contribution in [0, 0.1) is 0 Å². The van der Waals surface area contributed by atoms with Crippen LogP contribution in [0.2, 0.25) is 0 Å². The van der Waals surface area contributed by atoms with Crippen molar-refractivity contribution in [1.29, 1.82) is 0 Å². The van der Waals surface area contributed by atoms with Gasteiger partial charge in [0.2, 0.25) is 0 Å². The topological polar surface area (TPSA) is 21.3 Å². The zero-order chi connectivity index (χ0) is 7.33. The highest BCUT2D eigenvalue weighted by atomic mass is 28.5. The summed E-state index contributed by atoms with van der Waals surface area (Å²) < 4.78 is 37.3. The summed E-state index contributed by atoms with van der Waals surface area (Å²) in [7, 11) is -4.16. The van der Waals surface area contributed by atoms with Gasteiger partial charge < -0.3 is 9.74 Å². The molecule has 0 aliphatic rings. The third-order valence-electron chi connectivity index (χ3n) is 0.618. The Bertz CT molecular complexity index is 75.9. The van der Waals surface area contributed by atoms with E-state index in [9.17, 15) is 12.3 Å². The molecule has 0 rings (SSSR count). The molecule has 0 fully saturated rings. The van der Waals surface area contributed by atoms with Crippen LogP contribution < -0.4 is 5.32 Å². The maximum absolute atomic E-state index is 11.3. The van der Waals surface area contributed by atoms with E-state index >= 15 is 0 Å². The van der Waals surface area contributed by atoms with Gasteiger partial charge in [0, 0.05) is 6.54 Å². The number of likely N-dealkylation sites (N-methyl/N-ethyl adjacent to an activating group) is 1. The first-order chi connectivity index (χ1) is 4.06. The second-order valence-corrected chi connectivity index (χ2v) is 2.58. The molecule has 0 amide bonds. The summed E-state index contributed by atoms with van der Waals surface area (Å²) in [6, 6.07) is 0. The molecule has 0 spiro atoms. The predicted octanol–water partition coefficient (Wildman–Crippen LogP) is 0.567. The van der Waals surface area contributed by atoms with Crippen LogP contribution in [0.25, 0.3) is 0 Å². The lowest BCUT2D eigenvalue weighted by atomic mass is 10.7. The molecule has 0 bridgehead atoms. The summed E-state index contributed by atoms with van der Waals surface area (Å²) in [4.78, 5) is 0. The van der Waals surface area contributed by atoms with Crippen LogP contribution >= 0.6 is 0 Å². The van der Waals surface area contributed by atoms with Gasteiger partial charge in [0.15, 0.2) is 0 Å². The van der Waals surface area contributed by atoms with Gasteiger partial charge in [-0.3, -0.25) is 0 Å². The van der Waals surface area contributed by atoms with Crippen LogP contribution in [0.15, 0.2) is 0 Å². The first kappa shape index (κ1) is 8.93. The maximum atomic E-state index is 11.3. The molecular formula is C3H8F3NOSi. The van der Waals surface area contributed by atoms with E-state index in [1.165, 1.54) is 0 Å². The molecule has 0 atom stereocenters. The molecular weight excluding hydrogens is 151 g/mol. The van der Waals surface area contributed by atoms with E-state index in [1.807, 2.05) is 0 Å². The van der Waals surface area contributed by atoms with Crippen LogP contribution in [0.4, 0.5) is 12.3 Å². The zero-order valence-electron chi connectivity index (χ0n) is 4.96. The summed E-state index contributed by atoms with van der Waals surface area (Å²) >= 11 is 0. The Balaban J connectivity index is 3.07. The minimum Gasteiger partial charge on any atom is -0.341 e. The lowest BCUT2D eigenvalue weighted by Gasteiger charge is -2.01. The van der Waals surface area contributed by atoms with E-state index in [2.05, 4.69) is 9.74 Å². The Morgan fingerprint density at radius 3 is 2.33 bits per heavy atom. The van der Waals surface area contributed by atoms with Crippen molar-refractivity contribution in [2.75, 3.05) is 20.2 Å². The minimum atomic E-state index is -5.73. The minimum absolute atomic E-state index is 0.243.